The minimum absolute atomic E-state index is 0.0313. The number of carbonyl (C=O) groups is 1. The molecule has 0 aliphatic carbocycles. The van der Waals surface area contributed by atoms with Gasteiger partial charge in [-0.05, 0) is 24.6 Å². The number of hydrogen-bond donors (Lipinski definition) is 1. The number of halogens is 1. The molecule has 24 heavy (non-hydrogen) atoms. The van der Waals surface area contributed by atoms with E-state index in [2.05, 4.69) is 9.97 Å². The first-order valence-corrected chi connectivity index (χ1v) is 9.06. The van der Waals surface area contributed by atoms with Crippen molar-refractivity contribution in [2.24, 2.45) is 0 Å². The van der Waals surface area contributed by atoms with Crippen LogP contribution in [0, 0.1) is 0 Å². The molecule has 1 aromatic carbocycles. The lowest BCUT2D eigenvalue weighted by molar-refractivity contribution is -0.139. The van der Waals surface area contributed by atoms with Crippen LogP contribution in [-0.4, -0.2) is 41.8 Å². The van der Waals surface area contributed by atoms with E-state index in [1.54, 1.807) is 19.1 Å². The van der Waals surface area contributed by atoms with Crippen LogP contribution in [-0.2, 0) is 14.6 Å². The van der Waals surface area contributed by atoms with Gasteiger partial charge in [0.25, 0.3) is 0 Å². The highest BCUT2D eigenvalue weighted by atomic mass is 35.5. The van der Waals surface area contributed by atoms with Crippen LogP contribution in [0.5, 0.6) is 5.75 Å². The van der Waals surface area contributed by atoms with Crippen molar-refractivity contribution in [1.82, 2.24) is 9.97 Å². The van der Waals surface area contributed by atoms with Gasteiger partial charge in [0.15, 0.2) is 6.61 Å². The molecule has 0 radical (unpaired) electrons. The number of aromatic nitrogens is 2. The average Bonchev–Trinajstić information content (AvgIpc) is 2.53. The largest absolute Gasteiger partial charge is 0.481 e. The number of hydrogen-bond acceptors (Lipinski definition) is 6. The van der Waals surface area contributed by atoms with Gasteiger partial charge in [0.1, 0.15) is 5.75 Å². The molecule has 0 bridgehead atoms. The number of benzene rings is 1. The molecular weight excluding hydrogens is 356 g/mol. The molecule has 1 N–H and O–H groups in total. The third-order valence-electron chi connectivity index (χ3n) is 2.98. The van der Waals surface area contributed by atoms with Gasteiger partial charge in [0.05, 0.1) is 5.75 Å². The van der Waals surface area contributed by atoms with Crippen LogP contribution in [0.15, 0.2) is 35.7 Å². The molecule has 9 heteroatoms. The Bertz CT molecular complexity index is 837. The summed E-state index contributed by atoms with van der Waals surface area (Å²) in [4.78, 5) is 18.5. The maximum absolute atomic E-state index is 11.9. The van der Waals surface area contributed by atoms with Gasteiger partial charge in [0.2, 0.25) is 15.0 Å². The van der Waals surface area contributed by atoms with Crippen LogP contribution in [0.3, 0.4) is 0 Å². The first-order valence-electron chi connectivity index (χ1n) is 7.03. The van der Waals surface area contributed by atoms with Crippen LogP contribution in [0.4, 0.5) is 0 Å². The fourth-order valence-electron chi connectivity index (χ4n) is 1.97. The van der Waals surface area contributed by atoms with E-state index in [-0.39, 0.29) is 16.7 Å². The lowest BCUT2D eigenvalue weighted by Gasteiger charge is -2.10. The molecule has 2 aromatic rings. The van der Waals surface area contributed by atoms with E-state index in [1.807, 2.05) is 0 Å². The second-order valence-corrected chi connectivity index (χ2v) is 7.34. The van der Waals surface area contributed by atoms with Crippen molar-refractivity contribution in [3.63, 3.8) is 0 Å². The zero-order valence-corrected chi connectivity index (χ0v) is 14.3. The summed E-state index contributed by atoms with van der Waals surface area (Å²) in [5.41, 5.74) is 0.941. The van der Waals surface area contributed by atoms with E-state index in [0.717, 1.165) is 0 Å². The van der Waals surface area contributed by atoms with E-state index < -0.39 is 22.4 Å². The first kappa shape index (κ1) is 18.2. The maximum Gasteiger partial charge on any atom is 0.341 e. The van der Waals surface area contributed by atoms with Gasteiger partial charge in [-0.2, -0.15) is 0 Å². The Balaban J connectivity index is 2.38. The zero-order chi connectivity index (χ0) is 17.7. The smallest absolute Gasteiger partial charge is 0.341 e. The standard InChI is InChI=1S/C15H15ClN2O5S/c1-2-5-24(21,22)15-17-7-10(8-18-15)12-6-11(16)3-4-13(12)23-9-14(19)20/h3-4,6-8H,2,5,9H2,1H3,(H,19,20). The van der Waals surface area contributed by atoms with Crippen LogP contribution >= 0.6 is 11.6 Å². The Morgan fingerprint density at radius 1 is 1.29 bits per heavy atom. The van der Waals surface area contributed by atoms with E-state index >= 15 is 0 Å². The summed E-state index contributed by atoms with van der Waals surface area (Å²) < 4.78 is 29.1. The normalized spacial score (nSPS) is 11.2. The first-order chi connectivity index (χ1) is 11.3. The summed E-state index contributed by atoms with van der Waals surface area (Å²) in [7, 11) is -3.51. The number of nitrogens with zero attached hydrogens (tertiary/aromatic N) is 2. The lowest BCUT2D eigenvalue weighted by atomic mass is 10.1. The van der Waals surface area contributed by atoms with Crippen molar-refractivity contribution >= 4 is 27.4 Å². The quantitative estimate of drug-likeness (QED) is 0.746. The molecule has 2 rings (SSSR count). The molecule has 128 valence electrons. The minimum atomic E-state index is -3.51. The van der Waals surface area contributed by atoms with Crippen molar-refractivity contribution < 1.29 is 23.1 Å². The number of aliphatic carboxylic acids is 1. The number of carboxylic acid groups (broad SMARTS) is 1. The number of ether oxygens (including phenoxy) is 1. The van der Waals surface area contributed by atoms with Gasteiger partial charge < -0.3 is 9.84 Å². The van der Waals surface area contributed by atoms with Crippen molar-refractivity contribution in [2.45, 2.75) is 18.5 Å². The SMILES string of the molecule is CCCS(=O)(=O)c1ncc(-c2cc(Cl)ccc2OCC(=O)O)cn1. The summed E-state index contributed by atoms with van der Waals surface area (Å²) in [6.07, 6.45) is 3.15. The Kier molecular flexibility index (Phi) is 5.74. The van der Waals surface area contributed by atoms with Crippen LogP contribution in [0.25, 0.3) is 11.1 Å². The number of sulfone groups is 1. The van der Waals surface area contributed by atoms with Gasteiger partial charge in [-0.3, -0.25) is 0 Å². The van der Waals surface area contributed by atoms with E-state index in [9.17, 15) is 13.2 Å². The van der Waals surface area contributed by atoms with Gasteiger partial charge in [-0.25, -0.2) is 23.2 Å². The van der Waals surface area contributed by atoms with E-state index in [0.29, 0.717) is 22.6 Å². The molecule has 0 saturated heterocycles. The Hall–Kier alpha value is -2.19. The second kappa shape index (κ2) is 7.59. The van der Waals surface area contributed by atoms with Crippen LogP contribution in [0.1, 0.15) is 13.3 Å². The van der Waals surface area contributed by atoms with Crippen molar-refractivity contribution in [2.75, 3.05) is 12.4 Å². The zero-order valence-electron chi connectivity index (χ0n) is 12.8. The fraction of sp³-hybridized carbons (Fsp3) is 0.267. The fourth-order valence-corrected chi connectivity index (χ4v) is 3.29. The van der Waals surface area contributed by atoms with Gasteiger partial charge in [-0.15, -0.1) is 0 Å². The molecule has 0 aliphatic rings. The van der Waals surface area contributed by atoms with Crippen molar-refractivity contribution in [3.8, 4) is 16.9 Å². The van der Waals surface area contributed by atoms with Crippen LogP contribution in [0.2, 0.25) is 5.02 Å². The summed E-state index contributed by atoms with van der Waals surface area (Å²) in [6.45, 7) is 1.24. The van der Waals surface area contributed by atoms with Gasteiger partial charge in [0, 0.05) is 28.5 Å². The Morgan fingerprint density at radius 3 is 2.54 bits per heavy atom. The molecule has 0 saturated carbocycles. The molecular formula is C15H15ClN2O5S. The van der Waals surface area contributed by atoms with Crippen LogP contribution < -0.4 is 4.74 Å². The highest BCUT2D eigenvalue weighted by molar-refractivity contribution is 7.91. The highest BCUT2D eigenvalue weighted by Crippen LogP contribution is 2.32. The van der Waals surface area contributed by atoms with Crippen molar-refractivity contribution in [3.05, 3.63) is 35.6 Å². The summed E-state index contributed by atoms with van der Waals surface area (Å²) >= 11 is 5.97. The molecule has 0 amide bonds. The summed E-state index contributed by atoms with van der Waals surface area (Å²) in [5.74, 6) is -0.862. The molecule has 1 aromatic heterocycles. The Morgan fingerprint density at radius 2 is 1.96 bits per heavy atom. The predicted molar refractivity (Wildman–Crippen MR) is 88.0 cm³/mol. The summed E-state index contributed by atoms with van der Waals surface area (Å²) in [5, 5.41) is 8.89. The second-order valence-electron chi connectivity index (χ2n) is 4.90. The molecule has 0 spiro atoms. The van der Waals surface area contributed by atoms with E-state index in [4.69, 9.17) is 21.4 Å². The minimum Gasteiger partial charge on any atom is -0.481 e. The lowest BCUT2D eigenvalue weighted by Crippen LogP contribution is -2.11. The topological polar surface area (TPSA) is 106 Å². The maximum atomic E-state index is 11.9. The van der Waals surface area contributed by atoms with Crippen molar-refractivity contribution in [1.29, 1.82) is 0 Å². The highest BCUT2D eigenvalue weighted by Gasteiger charge is 2.17. The summed E-state index contributed by atoms with van der Waals surface area (Å²) in [6, 6.07) is 4.66. The number of rotatable bonds is 7. The molecule has 0 unspecified atom stereocenters. The average molecular weight is 371 g/mol. The Labute approximate surface area is 144 Å². The molecule has 0 aliphatic heterocycles. The molecule has 7 nitrogen and oxygen atoms in total. The molecule has 0 fully saturated rings. The molecule has 1 heterocycles. The van der Waals surface area contributed by atoms with Gasteiger partial charge in [-0.1, -0.05) is 18.5 Å². The van der Waals surface area contributed by atoms with Gasteiger partial charge >= 0.3 is 5.97 Å². The van der Waals surface area contributed by atoms with E-state index in [1.165, 1.54) is 18.5 Å². The number of carboxylic acids is 1. The third-order valence-corrected chi connectivity index (χ3v) is 4.93. The predicted octanol–water partition coefficient (Wildman–Crippen LogP) is 2.44. The monoisotopic (exact) mass is 370 g/mol. The molecule has 0 atom stereocenters. The third kappa shape index (κ3) is 4.42.